The van der Waals surface area contributed by atoms with E-state index >= 15 is 0 Å². The van der Waals surface area contributed by atoms with Crippen LogP contribution in [0.4, 0.5) is 0 Å². The van der Waals surface area contributed by atoms with Crippen LogP contribution in [0.5, 0.6) is 0 Å². The van der Waals surface area contributed by atoms with E-state index in [0.717, 1.165) is 13.3 Å². The lowest BCUT2D eigenvalue weighted by Crippen LogP contribution is -2.42. The van der Waals surface area contributed by atoms with Crippen molar-refractivity contribution in [1.29, 1.82) is 0 Å². The largest absolute Gasteiger partial charge is 0.480 e. The van der Waals surface area contributed by atoms with Crippen LogP contribution in [0.25, 0.3) is 0 Å². The highest BCUT2D eigenvalue weighted by Crippen LogP contribution is 2.12. The molecular formula is C9H13N3O6S. The van der Waals surface area contributed by atoms with Gasteiger partial charge in [-0.05, 0) is 6.92 Å². The van der Waals surface area contributed by atoms with Crippen LogP contribution in [0.15, 0.2) is 11.1 Å². The summed E-state index contributed by atoms with van der Waals surface area (Å²) in [6, 6.07) is -1.60. The number of aromatic nitrogens is 2. The molecule has 0 saturated carbocycles. The van der Waals surface area contributed by atoms with Crippen molar-refractivity contribution in [3.05, 3.63) is 11.9 Å². The van der Waals surface area contributed by atoms with Gasteiger partial charge >= 0.3 is 11.9 Å². The number of aliphatic carboxylic acids is 1. The van der Waals surface area contributed by atoms with Gasteiger partial charge in [0.2, 0.25) is 10.0 Å². The Balaban J connectivity index is 2.94. The number of carboxylic acid groups (broad SMARTS) is 1. The SMILES string of the molecule is COC(=O)C[C@H](NS(=O)(=O)c1cn[nH]c1C)C(=O)O. The number of carboxylic acids is 1. The maximum absolute atomic E-state index is 11.9. The summed E-state index contributed by atoms with van der Waals surface area (Å²) in [6.07, 6.45) is 0.441. The first kappa shape index (κ1) is 15.1. The quantitative estimate of drug-likeness (QED) is 0.572. The molecule has 0 saturated heterocycles. The number of ether oxygens (including phenoxy) is 1. The Bertz CT molecular complexity index is 579. The fourth-order valence-electron chi connectivity index (χ4n) is 1.29. The third-order valence-corrected chi connectivity index (χ3v) is 3.85. The van der Waals surface area contributed by atoms with E-state index in [2.05, 4.69) is 14.9 Å². The zero-order valence-corrected chi connectivity index (χ0v) is 11.0. The lowest BCUT2D eigenvalue weighted by Gasteiger charge is -2.13. The van der Waals surface area contributed by atoms with Crippen LogP contribution in [-0.4, -0.2) is 48.8 Å². The maximum Gasteiger partial charge on any atom is 0.322 e. The molecule has 0 spiro atoms. The molecule has 1 atom stereocenters. The Kier molecular flexibility index (Phi) is 4.62. The van der Waals surface area contributed by atoms with Gasteiger partial charge in [0.15, 0.2) is 0 Å². The maximum atomic E-state index is 11.9. The Morgan fingerprint density at radius 2 is 2.21 bits per heavy atom. The highest BCUT2D eigenvalue weighted by atomic mass is 32.2. The highest BCUT2D eigenvalue weighted by Gasteiger charge is 2.29. The van der Waals surface area contributed by atoms with E-state index in [4.69, 9.17) is 5.11 Å². The van der Waals surface area contributed by atoms with E-state index in [1.54, 1.807) is 0 Å². The summed E-state index contributed by atoms with van der Waals surface area (Å²) in [4.78, 5) is 21.8. The van der Waals surface area contributed by atoms with E-state index in [-0.39, 0.29) is 10.6 Å². The number of nitrogens with zero attached hydrogens (tertiary/aromatic N) is 1. The fraction of sp³-hybridized carbons (Fsp3) is 0.444. The molecule has 1 aromatic rings. The summed E-state index contributed by atoms with van der Waals surface area (Å²) in [5.74, 6) is -2.31. The topological polar surface area (TPSA) is 138 Å². The molecule has 0 aliphatic heterocycles. The van der Waals surface area contributed by atoms with E-state index < -0.39 is 34.4 Å². The van der Waals surface area contributed by atoms with Crippen LogP contribution in [-0.2, 0) is 24.3 Å². The number of methoxy groups -OCH3 is 1. The molecule has 0 unspecified atom stereocenters. The second-order valence-corrected chi connectivity index (χ2v) is 5.33. The number of carbonyl (C=O) groups excluding carboxylic acids is 1. The van der Waals surface area contributed by atoms with Gasteiger partial charge in [0.25, 0.3) is 0 Å². The number of H-pyrrole nitrogens is 1. The second kappa shape index (κ2) is 5.80. The van der Waals surface area contributed by atoms with Crippen LogP contribution >= 0.6 is 0 Å². The molecule has 0 aromatic carbocycles. The van der Waals surface area contributed by atoms with Gasteiger partial charge in [0.05, 0.1) is 25.4 Å². The van der Waals surface area contributed by atoms with Crippen LogP contribution in [0.3, 0.4) is 0 Å². The molecule has 1 aromatic heterocycles. The summed E-state index contributed by atoms with van der Waals surface area (Å²) in [5.41, 5.74) is 0.259. The van der Waals surface area contributed by atoms with Gasteiger partial charge in [0.1, 0.15) is 10.9 Å². The first-order valence-corrected chi connectivity index (χ1v) is 6.58. The predicted molar refractivity (Wildman–Crippen MR) is 61.7 cm³/mol. The first-order chi connectivity index (χ1) is 8.77. The Morgan fingerprint density at radius 3 is 2.63 bits per heavy atom. The highest BCUT2D eigenvalue weighted by molar-refractivity contribution is 7.89. The van der Waals surface area contributed by atoms with Crippen molar-refractivity contribution < 1.29 is 27.9 Å². The zero-order valence-electron chi connectivity index (χ0n) is 10.2. The van der Waals surface area contributed by atoms with Crippen LogP contribution < -0.4 is 4.72 Å². The van der Waals surface area contributed by atoms with E-state index in [1.807, 2.05) is 4.72 Å². The zero-order chi connectivity index (χ0) is 14.6. The van der Waals surface area contributed by atoms with E-state index in [0.29, 0.717) is 0 Å². The predicted octanol–water partition coefficient (Wildman–Crippen LogP) is -0.987. The summed E-state index contributed by atoms with van der Waals surface area (Å²) in [6.45, 7) is 1.47. The number of hydrogen-bond acceptors (Lipinski definition) is 6. The Morgan fingerprint density at radius 1 is 1.58 bits per heavy atom. The number of hydrogen-bond donors (Lipinski definition) is 3. The first-order valence-electron chi connectivity index (χ1n) is 5.10. The van der Waals surface area contributed by atoms with Gasteiger partial charge < -0.3 is 9.84 Å². The number of nitrogens with one attached hydrogen (secondary N) is 2. The smallest absolute Gasteiger partial charge is 0.322 e. The standard InChI is InChI=1S/C9H13N3O6S/c1-5-7(4-10-11-5)19(16,17)12-6(9(14)15)3-8(13)18-2/h4,6,12H,3H2,1-2H3,(H,10,11)(H,14,15)/t6-/m0/s1. The minimum atomic E-state index is -4.08. The van der Waals surface area contributed by atoms with E-state index in [1.165, 1.54) is 6.92 Å². The molecule has 0 fully saturated rings. The third-order valence-electron chi connectivity index (χ3n) is 2.27. The molecule has 10 heteroatoms. The molecule has 3 N–H and O–H groups in total. The number of aromatic amines is 1. The van der Waals surface area contributed by atoms with Crippen molar-refractivity contribution >= 4 is 22.0 Å². The molecule has 9 nitrogen and oxygen atoms in total. The molecule has 106 valence electrons. The lowest BCUT2D eigenvalue weighted by atomic mass is 10.2. The molecule has 1 rings (SSSR count). The van der Waals surface area contributed by atoms with Crippen LogP contribution in [0.1, 0.15) is 12.1 Å². The minimum absolute atomic E-state index is 0.177. The Hall–Kier alpha value is -1.94. The molecule has 19 heavy (non-hydrogen) atoms. The number of rotatable bonds is 6. The van der Waals surface area contributed by atoms with Crippen molar-refractivity contribution in [2.24, 2.45) is 0 Å². The lowest BCUT2D eigenvalue weighted by molar-refractivity contribution is -0.147. The monoisotopic (exact) mass is 291 g/mol. The summed E-state index contributed by atoms with van der Waals surface area (Å²) in [7, 11) is -3.00. The Labute approximate surface area is 109 Å². The van der Waals surface area contributed by atoms with Gasteiger partial charge in [-0.3, -0.25) is 14.7 Å². The molecule has 0 amide bonds. The summed E-state index contributed by atoms with van der Waals surface area (Å²) in [5, 5.41) is 14.8. The fourth-order valence-corrected chi connectivity index (χ4v) is 2.62. The van der Waals surface area contributed by atoms with Gasteiger partial charge in [-0.25, -0.2) is 8.42 Å². The molecule has 0 bridgehead atoms. The van der Waals surface area contributed by atoms with Gasteiger partial charge in [-0.2, -0.15) is 9.82 Å². The molecule has 1 heterocycles. The van der Waals surface area contributed by atoms with Crippen LogP contribution in [0, 0.1) is 6.92 Å². The summed E-state index contributed by atoms with van der Waals surface area (Å²) >= 11 is 0. The van der Waals surface area contributed by atoms with Crippen molar-refractivity contribution in [2.45, 2.75) is 24.3 Å². The normalized spacial score (nSPS) is 12.9. The van der Waals surface area contributed by atoms with Crippen molar-refractivity contribution in [1.82, 2.24) is 14.9 Å². The van der Waals surface area contributed by atoms with Crippen molar-refractivity contribution in [3.63, 3.8) is 0 Å². The second-order valence-electron chi connectivity index (χ2n) is 3.65. The summed E-state index contributed by atoms with van der Waals surface area (Å²) < 4.78 is 30.0. The minimum Gasteiger partial charge on any atom is -0.480 e. The number of carbonyl (C=O) groups is 2. The average Bonchev–Trinajstić information content (AvgIpc) is 2.74. The van der Waals surface area contributed by atoms with Gasteiger partial charge in [-0.1, -0.05) is 0 Å². The number of esters is 1. The van der Waals surface area contributed by atoms with E-state index in [9.17, 15) is 18.0 Å². The molecule has 0 aliphatic carbocycles. The molecule has 0 radical (unpaired) electrons. The number of sulfonamides is 1. The third kappa shape index (κ3) is 3.76. The number of aryl methyl sites for hydroxylation is 1. The van der Waals surface area contributed by atoms with Crippen LogP contribution in [0.2, 0.25) is 0 Å². The molecular weight excluding hydrogens is 278 g/mol. The average molecular weight is 291 g/mol. The van der Waals surface area contributed by atoms with Crippen molar-refractivity contribution in [3.8, 4) is 0 Å². The van der Waals surface area contributed by atoms with Crippen molar-refractivity contribution in [2.75, 3.05) is 7.11 Å². The van der Waals surface area contributed by atoms with Gasteiger partial charge in [0, 0.05) is 0 Å². The molecule has 0 aliphatic rings. The van der Waals surface area contributed by atoms with Gasteiger partial charge in [-0.15, -0.1) is 0 Å².